The van der Waals surface area contributed by atoms with Crippen LogP contribution in [0.4, 0.5) is 0 Å². The highest BCUT2D eigenvalue weighted by atomic mass is 14.4. The van der Waals surface area contributed by atoms with Gasteiger partial charge in [0.1, 0.15) is 0 Å². The van der Waals surface area contributed by atoms with Gasteiger partial charge in [0.25, 0.3) is 0 Å². The van der Waals surface area contributed by atoms with Crippen LogP contribution in [0.2, 0.25) is 0 Å². The summed E-state index contributed by atoms with van der Waals surface area (Å²) in [6, 6.07) is 0. The lowest BCUT2D eigenvalue weighted by molar-refractivity contribution is 0.428. The molecular weight excluding hydrogens is 84.1 g/mol. The normalized spacial score (nSPS) is 45.6. The summed E-state index contributed by atoms with van der Waals surface area (Å²) in [5, 5.41) is 0. The molecule has 7 heavy (non-hydrogen) atoms. The quantitative estimate of drug-likeness (QED) is 0.403. The third-order valence-corrected chi connectivity index (χ3v) is 2.20. The SMILES string of the molecule is C[C@]12C=C(CC1)C2. The molecule has 38 valence electrons. The van der Waals surface area contributed by atoms with Gasteiger partial charge in [-0.1, -0.05) is 18.6 Å². The van der Waals surface area contributed by atoms with Crippen LogP contribution in [0.25, 0.3) is 0 Å². The average Bonchev–Trinajstić information content (AvgIpc) is 1.88. The fourth-order valence-electron chi connectivity index (χ4n) is 1.75. The van der Waals surface area contributed by atoms with Crippen molar-refractivity contribution in [1.29, 1.82) is 0 Å². The van der Waals surface area contributed by atoms with Crippen LogP contribution in [0.3, 0.4) is 0 Å². The minimum absolute atomic E-state index is 0.676. The highest BCUT2D eigenvalue weighted by Crippen LogP contribution is 2.52. The second-order valence-electron chi connectivity index (χ2n) is 3.13. The second-order valence-corrected chi connectivity index (χ2v) is 3.13. The number of allylic oxidation sites excluding steroid dienone is 2. The van der Waals surface area contributed by atoms with Gasteiger partial charge in [0, 0.05) is 0 Å². The molecule has 0 amide bonds. The van der Waals surface area contributed by atoms with E-state index in [4.69, 9.17) is 0 Å². The molecule has 0 N–H and O–H groups in total. The molecule has 0 saturated heterocycles. The van der Waals surface area contributed by atoms with Gasteiger partial charge in [-0.15, -0.1) is 0 Å². The predicted octanol–water partition coefficient (Wildman–Crippen LogP) is 2.12. The van der Waals surface area contributed by atoms with Crippen molar-refractivity contribution in [1.82, 2.24) is 0 Å². The fraction of sp³-hybridized carbons (Fsp3) is 0.714. The number of hydrogen-bond donors (Lipinski definition) is 0. The van der Waals surface area contributed by atoms with Crippen molar-refractivity contribution in [2.24, 2.45) is 5.41 Å². The topological polar surface area (TPSA) is 0 Å². The van der Waals surface area contributed by atoms with E-state index in [9.17, 15) is 0 Å². The van der Waals surface area contributed by atoms with Crippen molar-refractivity contribution in [3.05, 3.63) is 11.6 Å². The van der Waals surface area contributed by atoms with Crippen LogP contribution < -0.4 is 0 Å². The van der Waals surface area contributed by atoms with E-state index in [1.165, 1.54) is 19.3 Å². The van der Waals surface area contributed by atoms with E-state index in [1.807, 2.05) is 0 Å². The second kappa shape index (κ2) is 0.795. The highest BCUT2D eigenvalue weighted by molar-refractivity contribution is 5.29. The molecule has 3 rings (SSSR count). The molecule has 0 heterocycles. The number of rotatable bonds is 0. The summed E-state index contributed by atoms with van der Waals surface area (Å²) in [7, 11) is 0. The Kier molecular flexibility index (Phi) is 0.421. The average molecular weight is 94.2 g/mol. The summed E-state index contributed by atoms with van der Waals surface area (Å²) in [5.74, 6) is 0. The first-order valence-electron chi connectivity index (χ1n) is 2.99. The predicted molar refractivity (Wildman–Crippen MR) is 30.0 cm³/mol. The standard InChI is InChI=1S/C7H10/c1-7-3-2-6(4-7)5-7/h4H,2-3,5H2,1H3/t7-/m1/s1. The third kappa shape index (κ3) is 0.324. The molecule has 3 aliphatic carbocycles. The molecule has 0 aromatic rings. The van der Waals surface area contributed by atoms with Crippen molar-refractivity contribution < 1.29 is 0 Å². The summed E-state index contributed by atoms with van der Waals surface area (Å²) in [4.78, 5) is 0. The largest absolute Gasteiger partial charge is 0.0790 e. The van der Waals surface area contributed by atoms with Gasteiger partial charge >= 0.3 is 0 Å². The molecule has 2 bridgehead atoms. The Hall–Kier alpha value is -0.260. The number of fused-ring (bicyclic) bond motifs is 1. The molecular formula is C7H10. The minimum atomic E-state index is 0.676. The van der Waals surface area contributed by atoms with Crippen LogP contribution in [-0.2, 0) is 0 Å². The van der Waals surface area contributed by atoms with Gasteiger partial charge in [-0.2, -0.15) is 0 Å². The third-order valence-electron chi connectivity index (χ3n) is 2.20. The van der Waals surface area contributed by atoms with Crippen molar-refractivity contribution >= 4 is 0 Å². The first kappa shape index (κ1) is 3.71. The van der Waals surface area contributed by atoms with Gasteiger partial charge in [-0.05, 0) is 24.7 Å². The van der Waals surface area contributed by atoms with E-state index in [0.29, 0.717) is 5.41 Å². The van der Waals surface area contributed by atoms with Crippen LogP contribution in [0.5, 0.6) is 0 Å². The summed E-state index contributed by atoms with van der Waals surface area (Å²) >= 11 is 0. The lowest BCUT2D eigenvalue weighted by atomic mass is 9.81. The van der Waals surface area contributed by atoms with Gasteiger partial charge in [-0.25, -0.2) is 0 Å². The Morgan fingerprint density at radius 1 is 1.71 bits per heavy atom. The molecule has 0 nitrogen and oxygen atoms in total. The zero-order valence-electron chi connectivity index (χ0n) is 4.70. The van der Waals surface area contributed by atoms with Crippen LogP contribution in [0, 0.1) is 5.41 Å². The Bertz CT molecular complexity index is 133. The van der Waals surface area contributed by atoms with Crippen molar-refractivity contribution in [3.8, 4) is 0 Å². The van der Waals surface area contributed by atoms with Crippen LogP contribution in [0.15, 0.2) is 11.6 Å². The van der Waals surface area contributed by atoms with Crippen molar-refractivity contribution in [3.63, 3.8) is 0 Å². The molecule has 0 aliphatic heterocycles. The summed E-state index contributed by atoms with van der Waals surface area (Å²) in [6.07, 6.45) is 6.68. The first-order valence-corrected chi connectivity index (χ1v) is 2.99. The van der Waals surface area contributed by atoms with E-state index in [0.717, 1.165) is 0 Å². The zero-order chi connectivity index (χ0) is 4.91. The Labute approximate surface area is 44.2 Å². The lowest BCUT2D eigenvalue weighted by Crippen LogP contribution is -2.12. The van der Waals surface area contributed by atoms with E-state index < -0.39 is 0 Å². The van der Waals surface area contributed by atoms with Gasteiger partial charge < -0.3 is 0 Å². The van der Waals surface area contributed by atoms with E-state index >= 15 is 0 Å². The maximum atomic E-state index is 2.44. The maximum Gasteiger partial charge on any atom is -0.0104 e. The van der Waals surface area contributed by atoms with Crippen LogP contribution >= 0.6 is 0 Å². The van der Waals surface area contributed by atoms with Gasteiger partial charge in [0.15, 0.2) is 0 Å². The minimum Gasteiger partial charge on any atom is -0.0790 e. The van der Waals surface area contributed by atoms with E-state index in [-0.39, 0.29) is 0 Å². The first-order chi connectivity index (χ1) is 3.29. The van der Waals surface area contributed by atoms with Crippen molar-refractivity contribution in [2.45, 2.75) is 26.2 Å². The lowest BCUT2D eigenvalue weighted by Gasteiger charge is -2.24. The Morgan fingerprint density at radius 3 is 2.57 bits per heavy atom. The van der Waals surface area contributed by atoms with E-state index in [1.54, 1.807) is 5.57 Å². The molecule has 3 aliphatic rings. The molecule has 0 radical (unpaired) electrons. The Balaban J connectivity index is 2.39. The van der Waals surface area contributed by atoms with Gasteiger partial charge in [0.2, 0.25) is 0 Å². The molecule has 1 saturated carbocycles. The van der Waals surface area contributed by atoms with Gasteiger partial charge in [-0.3, -0.25) is 0 Å². The highest BCUT2D eigenvalue weighted by Gasteiger charge is 2.37. The fourth-order valence-corrected chi connectivity index (χ4v) is 1.75. The summed E-state index contributed by atoms with van der Waals surface area (Å²) in [5.41, 5.74) is 2.39. The van der Waals surface area contributed by atoms with E-state index in [2.05, 4.69) is 13.0 Å². The number of hydrogen-bond acceptors (Lipinski definition) is 0. The monoisotopic (exact) mass is 94.1 g/mol. The van der Waals surface area contributed by atoms with Crippen LogP contribution in [0.1, 0.15) is 26.2 Å². The molecule has 1 fully saturated rings. The Morgan fingerprint density at radius 2 is 2.43 bits per heavy atom. The van der Waals surface area contributed by atoms with Gasteiger partial charge in [0.05, 0.1) is 0 Å². The maximum absolute atomic E-state index is 2.44. The van der Waals surface area contributed by atoms with Crippen molar-refractivity contribution in [2.75, 3.05) is 0 Å². The zero-order valence-corrected chi connectivity index (χ0v) is 4.70. The summed E-state index contributed by atoms with van der Waals surface area (Å²) < 4.78 is 0. The molecule has 0 heteroatoms. The summed E-state index contributed by atoms with van der Waals surface area (Å²) in [6.45, 7) is 2.35. The molecule has 0 aromatic heterocycles. The molecule has 0 aromatic carbocycles. The van der Waals surface area contributed by atoms with Crippen LogP contribution in [-0.4, -0.2) is 0 Å². The molecule has 1 atom stereocenters. The molecule has 0 spiro atoms. The molecule has 0 unspecified atom stereocenters. The smallest absolute Gasteiger partial charge is 0.0104 e.